The zero-order valence-corrected chi connectivity index (χ0v) is 12.0. The van der Waals surface area contributed by atoms with Crippen LogP contribution in [0.2, 0.25) is 0 Å². The number of nitrogens with one attached hydrogen (secondary N) is 2. The molecular formula is C14H18N4O2. The lowest BCUT2D eigenvalue weighted by molar-refractivity contribution is 0.416. The average Bonchev–Trinajstić information content (AvgIpc) is 2.38. The molecule has 0 aliphatic rings. The summed E-state index contributed by atoms with van der Waals surface area (Å²) in [7, 11) is 1.58. The fourth-order valence-corrected chi connectivity index (χ4v) is 1.76. The summed E-state index contributed by atoms with van der Waals surface area (Å²) in [5.74, 6) is 0.947. The Balaban J connectivity index is 2.32. The van der Waals surface area contributed by atoms with Gasteiger partial charge in [0, 0.05) is 5.41 Å². The van der Waals surface area contributed by atoms with Crippen LogP contribution in [0.5, 0.6) is 5.75 Å². The Kier molecular flexibility index (Phi) is 3.74. The molecule has 6 heteroatoms. The third-order valence-corrected chi connectivity index (χ3v) is 2.77. The molecule has 0 aliphatic carbocycles. The summed E-state index contributed by atoms with van der Waals surface area (Å²) in [6.45, 7) is 5.75. The molecular weight excluding hydrogens is 256 g/mol. The highest BCUT2D eigenvalue weighted by molar-refractivity contribution is 5.61. The summed E-state index contributed by atoms with van der Waals surface area (Å²) < 4.78 is 5.22. The molecule has 0 saturated heterocycles. The number of methoxy groups -OCH3 is 1. The third kappa shape index (κ3) is 2.96. The number of H-pyrrole nitrogens is 1. The van der Waals surface area contributed by atoms with Crippen LogP contribution in [0.25, 0.3) is 0 Å². The standard InChI is InChI=1S/C14H18N4O2/c1-14(2,3)11-12(19)16-13(18-17-11)15-9-7-5-6-8-10(9)20-4/h5-8H,1-4H3,(H2,15,16,18,19). The van der Waals surface area contributed by atoms with E-state index in [1.807, 2.05) is 45.0 Å². The highest BCUT2D eigenvalue weighted by Crippen LogP contribution is 2.25. The van der Waals surface area contributed by atoms with E-state index in [4.69, 9.17) is 4.74 Å². The normalized spacial score (nSPS) is 11.2. The van der Waals surface area contributed by atoms with Gasteiger partial charge in [0.05, 0.1) is 12.8 Å². The molecule has 1 aromatic carbocycles. The minimum Gasteiger partial charge on any atom is -0.495 e. The zero-order chi connectivity index (χ0) is 14.8. The Bertz CT molecular complexity index is 659. The summed E-state index contributed by atoms with van der Waals surface area (Å²) in [6.07, 6.45) is 0. The summed E-state index contributed by atoms with van der Waals surface area (Å²) in [4.78, 5) is 14.7. The van der Waals surface area contributed by atoms with Crippen molar-refractivity contribution < 1.29 is 4.74 Å². The van der Waals surface area contributed by atoms with E-state index in [0.717, 1.165) is 0 Å². The lowest BCUT2D eigenvalue weighted by Crippen LogP contribution is -2.28. The van der Waals surface area contributed by atoms with Crippen molar-refractivity contribution in [2.45, 2.75) is 26.2 Å². The van der Waals surface area contributed by atoms with Gasteiger partial charge in [0.25, 0.3) is 5.56 Å². The summed E-state index contributed by atoms with van der Waals surface area (Å²) in [6, 6.07) is 7.37. The number of ether oxygens (including phenoxy) is 1. The largest absolute Gasteiger partial charge is 0.495 e. The number of nitrogens with zero attached hydrogens (tertiary/aromatic N) is 2. The van der Waals surface area contributed by atoms with E-state index in [0.29, 0.717) is 17.1 Å². The smallest absolute Gasteiger partial charge is 0.274 e. The van der Waals surface area contributed by atoms with Crippen molar-refractivity contribution in [1.82, 2.24) is 15.2 Å². The predicted molar refractivity (Wildman–Crippen MR) is 77.6 cm³/mol. The number of aromatic nitrogens is 3. The molecule has 0 unspecified atom stereocenters. The number of benzene rings is 1. The van der Waals surface area contributed by atoms with E-state index in [1.54, 1.807) is 7.11 Å². The van der Waals surface area contributed by atoms with Crippen LogP contribution < -0.4 is 15.6 Å². The number of rotatable bonds is 3. The average molecular weight is 274 g/mol. The molecule has 0 spiro atoms. The van der Waals surface area contributed by atoms with E-state index in [9.17, 15) is 4.79 Å². The molecule has 106 valence electrons. The van der Waals surface area contributed by atoms with Crippen LogP contribution in [-0.2, 0) is 5.41 Å². The van der Waals surface area contributed by atoms with Gasteiger partial charge in [0.1, 0.15) is 11.4 Å². The van der Waals surface area contributed by atoms with Crippen LogP contribution in [0.3, 0.4) is 0 Å². The highest BCUT2D eigenvalue weighted by atomic mass is 16.5. The van der Waals surface area contributed by atoms with Crippen molar-refractivity contribution in [2.75, 3.05) is 12.4 Å². The van der Waals surface area contributed by atoms with Gasteiger partial charge in [-0.05, 0) is 12.1 Å². The van der Waals surface area contributed by atoms with Crippen LogP contribution in [0, 0.1) is 0 Å². The highest BCUT2D eigenvalue weighted by Gasteiger charge is 2.20. The molecule has 0 amide bonds. The molecule has 20 heavy (non-hydrogen) atoms. The summed E-state index contributed by atoms with van der Waals surface area (Å²) >= 11 is 0. The van der Waals surface area contributed by atoms with Crippen LogP contribution in [0.1, 0.15) is 26.5 Å². The lowest BCUT2D eigenvalue weighted by atomic mass is 9.93. The van der Waals surface area contributed by atoms with Crippen molar-refractivity contribution in [3.05, 3.63) is 40.3 Å². The molecule has 2 aromatic rings. The van der Waals surface area contributed by atoms with Gasteiger partial charge in [-0.1, -0.05) is 32.9 Å². The number of aromatic amines is 1. The van der Waals surface area contributed by atoms with Gasteiger partial charge in [0.2, 0.25) is 5.95 Å². The number of hydrogen-bond acceptors (Lipinski definition) is 5. The molecule has 2 N–H and O–H groups in total. The molecule has 0 fully saturated rings. The Morgan fingerprint density at radius 3 is 2.50 bits per heavy atom. The van der Waals surface area contributed by atoms with E-state index in [-0.39, 0.29) is 16.9 Å². The first-order chi connectivity index (χ1) is 9.41. The first kappa shape index (κ1) is 14.0. The van der Waals surface area contributed by atoms with Gasteiger partial charge in [-0.3, -0.25) is 9.78 Å². The number of para-hydroxylation sites is 2. The van der Waals surface area contributed by atoms with Crippen LogP contribution in [0.15, 0.2) is 29.1 Å². The summed E-state index contributed by atoms with van der Waals surface area (Å²) in [5.41, 5.74) is 0.528. The third-order valence-electron chi connectivity index (χ3n) is 2.77. The van der Waals surface area contributed by atoms with Gasteiger partial charge < -0.3 is 10.1 Å². The summed E-state index contributed by atoms with van der Waals surface area (Å²) in [5, 5.41) is 11.0. The van der Waals surface area contributed by atoms with Gasteiger partial charge in [-0.15, -0.1) is 10.2 Å². The molecule has 6 nitrogen and oxygen atoms in total. The molecule has 0 radical (unpaired) electrons. The van der Waals surface area contributed by atoms with E-state index in [1.165, 1.54) is 0 Å². The number of anilines is 2. The lowest BCUT2D eigenvalue weighted by Gasteiger charge is -2.16. The topological polar surface area (TPSA) is 79.9 Å². The Labute approximate surface area is 117 Å². The maximum atomic E-state index is 12.0. The maximum absolute atomic E-state index is 12.0. The number of hydrogen-bond donors (Lipinski definition) is 2. The van der Waals surface area contributed by atoms with Crippen molar-refractivity contribution in [3.63, 3.8) is 0 Å². The molecule has 1 heterocycles. The van der Waals surface area contributed by atoms with Gasteiger partial charge in [0.15, 0.2) is 0 Å². The van der Waals surface area contributed by atoms with Crippen LogP contribution in [-0.4, -0.2) is 22.3 Å². The van der Waals surface area contributed by atoms with Crippen molar-refractivity contribution in [3.8, 4) is 5.75 Å². The minimum absolute atomic E-state index is 0.245. The minimum atomic E-state index is -0.344. The second-order valence-electron chi connectivity index (χ2n) is 5.43. The van der Waals surface area contributed by atoms with Gasteiger partial charge in [-0.2, -0.15) is 0 Å². The SMILES string of the molecule is COc1ccccc1Nc1nnc(C(C)(C)C)c(=O)[nH]1. The molecule has 0 saturated carbocycles. The second-order valence-corrected chi connectivity index (χ2v) is 5.43. The van der Waals surface area contributed by atoms with Crippen LogP contribution >= 0.6 is 0 Å². The Morgan fingerprint density at radius 1 is 1.20 bits per heavy atom. The quantitative estimate of drug-likeness (QED) is 0.897. The molecule has 0 aliphatic heterocycles. The van der Waals surface area contributed by atoms with Crippen molar-refractivity contribution in [1.29, 1.82) is 0 Å². The first-order valence-electron chi connectivity index (χ1n) is 6.29. The van der Waals surface area contributed by atoms with E-state index < -0.39 is 0 Å². The van der Waals surface area contributed by atoms with Crippen molar-refractivity contribution >= 4 is 11.6 Å². The van der Waals surface area contributed by atoms with E-state index >= 15 is 0 Å². The van der Waals surface area contributed by atoms with Gasteiger partial charge in [-0.25, -0.2) is 0 Å². The Morgan fingerprint density at radius 2 is 1.90 bits per heavy atom. The fraction of sp³-hybridized carbons (Fsp3) is 0.357. The van der Waals surface area contributed by atoms with Gasteiger partial charge >= 0.3 is 0 Å². The zero-order valence-electron chi connectivity index (χ0n) is 12.0. The van der Waals surface area contributed by atoms with E-state index in [2.05, 4.69) is 20.5 Å². The van der Waals surface area contributed by atoms with Crippen LogP contribution in [0.4, 0.5) is 11.6 Å². The molecule has 0 atom stereocenters. The molecule has 2 rings (SSSR count). The fourth-order valence-electron chi connectivity index (χ4n) is 1.76. The first-order valence-corrected chi connectivity index (χ1v) is 6.29. The second kappa shape index (κ2) is 5.32. The predicted octanol–water partition coefficient (Wildman–Crippen LogP) is 2.21. The molecule has 0 bridgehead atoms. The van der Waals surface area contributed by atoms with Crippen molar-refractivity contribution in [2.24, 2.45) is 0 Å². The maximum Gasteiger partial charge on any atom is 0.274 e. The Hall–Kier alpha value is -2.37. The molecule has 1 aromatic heterocycles. The monoisotopic (exact) mass is 274 g/mol.